The van der Waals surface area contributed by atoms with Gasteiger partial charge in [0.05, 0.1) is 0 Å². The fourth-order valence-corrected chi connectivity index (χ4v) is 3.57. The summed E-state index contributed by atoms with van der Waals surface area (Å²) in [5.74, 6) is -0.0415. The average molecular weight is 367 g/mol. The lowest BCUT2D eigenvalue weighted by Gasteiger charge is -2.34. The van der Waals surface area contributed by atoms with Gasteiger partial charge in [-0.15, -0.1) is 0 Å². The van der Waals surface area contributed by atoms with Gasteiger partial charge in [0.25, 0.3) is 0 Å². The molecule has 1 aromatic heterocycles. The molecule has 0 amide bonds. The molecule has 2 aromatic rings. The Morgan fingerprint density at radius 1 is 0.926 bits per heavy atom. The van der Waals surface area contributed by atoms with Crippen LogP contribution in [-0.2, 0) is 13.0 Å². The number of hydrogen-bond donors (Lipinski definition) is 1. The van der Waals surface area contributed by atoms with Crippen LogP contribution < -0.4 is 0 Å². The number of carbonyl (C=O) groups excluding carboxylic acids is 1. The lowest BCUT2D eigenvalue weighted by atomic mass is 10.1. The number of benzene rings is 1. The van der Waals surface area contributed by atoms with Gasteiger partial charge in [0.2, 0.25) is 0 Å². The van der Waals surface area contributed by atoms with Gasteiger partial charge in [-0.3, -0.25) is 9.69 Å². The van der Waals surface area contributed by atoms with Crippen LogP contribution in [-0.4, -0.2) is 58.9 Å². The van der Waals surface area contributed by atoms with Crippen LogP contribution in [0, 0.1) is 0 Å². The molecule has 0 radical (unpaired) electrons. The Kier molecular flexibility index (Phi) is 7.36. The summed E-state index contributed by atoms with van der Waals surface area (Å²) in [6.45, 7) is 6.78. The van der Waals surface area contributed by atoms with Crippen molar-refractivity contribution in [2.24, 2.45) is 0 Å². The van der Waals surface area contributed by atoms with E-state index in [2.05, 4.69) is 45.1 Å². The maximum atomic E-state index is 10.8. The maximum Gasteiger partial charge on any atom is 0.172 e. The first-order chi connectivity index (χ1) is 13.2. The molecule has 2 heterocycles. The van der Waals surface area contributed by atoms with Crippen molar-refractivity contribution < 1.29 is 9.90 Å². The predicted octanol–water partition coefficient (Wildman–Crippen LogP) is 3.13. The first-order valence-electron chi connectivity index (χ1n) is 9.87. The van der Waals surface area contributed by atoms with Crippen molar-refractivity contribution in [2.45, 2.75) is 32.2 Å². The number of pyridine rings is 1. The molecule has 1 aliphatic heterocycles. The lowest BCUT2D eigenvalue weighted by Crippen LogP contribution is -2.46. The molecule has 1 fully saturated rings. The average Bonchev–Trinajstić information content (AvgIpc) is 2.71. The third-order valence-corrected chi connectivity index (χ3v) is 5.19. The second-order valence-electron chi connectivity index (χ2n) is 7.24. The fraction of sp³-hybridized carbons (Fsp3) is 0.455. The number of aryl methyl sites for hydroxylation is 1. The Morgan fingerprint density at radius 2 is 1.67 bits per heavy atom. The van der Waals surface area contributed by atoms with Gasteiger partial charge in [0.15, 0.2) is 6.29 Å². The summed E-state index contributed by atoms with van der Waals surface area (Å²) in [6, 6.07) is 14.1. The number of hydrogen-bond acceptors (Lipinski definition) is 5. The summed E-state index contributed by atoms with van der Waals surface area (Å²) >= 11 is 0. The molecule has 0 aliphatic carbocycles. The summed E-state index contributed by atoms with van der Waals surface area (Å²) in [6.07, 6.45) is 4.87. The minimum Gasteiger partial charge on any atom is -0.506 e. The maximum absolute atomic E-state index is 10.8. The molecule has 0 unspecified atom stereocenters. The van der Waals surface area contributed by atoms with E-state index in [-0.39, 0.29) is 11.4 Å². The van der Waals surface area contributed by atoms with E-state index >= 15 is 0 Å². The van der Waals surface area contributed by atoms with Crippen LogP contribution in [0.5, 0.6) is 5.75 Å². The molecule has 5 heteroatoms. The third kappa shape index (κ3) is 6.15. The van der Waals surface area contributed by atoms with Crippen LogP contribution in [0.25, 0.3) is 0 Å². The number of nitrogens with zero attached hydrogens (tertiary/aromatic N) is 3. The standard InChI is InChI=1S/C22H29N3O2/c26-18-21-22(27)11-10-20(23-21)9-5-2-6-12-24-13-15-25(16-14-24)17-19-7-3-1-4-8-19/h1,3-4,7-8,10-11,18,27H,2,5-6,9,12-17H2. The number of aromatic hydroxyl groups is 1. The van der Waals surface area contributed by atoms with E-state index in [4.69, 9.17) is 0 Å². The SMILES string of the molecule is O=Cc1nc(CCCCCN2CCN(Cc3ccccc3)CC2)ccc1O. The van der Waals surface area contributed by atoms with Gasteiger partial charge in [-0.1, -0.05) is 36.8 Å². The largest absolute Gasteiger partial charge is 0.506 e. The molecule has 0 saturated carbocycles. The summed E-state index contributed by atoms with van der Waals surface area (Å²) in [5, 5.41) is 9.49. The first-order valence-corrected chi connectivity index (χ1v) is 9.87. The zero-order valence-corrected chi connectivity index (χ0v) is 15.9. The second kappa shape index (κ2) is 10.2. The third-order valence-electron chi connectivity index (χ3n) is 5.19. The summed E-state index contributed by atoms with van der Waals surface area (Å²) in [5.41, 5.74) is 2.41. The molecule has 1 aliphatic rings. The molecule has 3 rings (SSSR count). The van der Waals surface area contributed by atoms with Gasteiger partial charge < -0.3 is 10.0 Å². The van der Waals surface area contributed by atoms with E-state index in [0.29, 0.717) is 6.29 Å². The minimum atomic E-state index is -0.0415. The normalized spacial score (nSPS) is 15.7. The molecular formula is C22H29N3O2. The van der Waals surface area contributed by atoms with Gasteiger partial charge in [0.1, 0.15) is 11.4 Å². The topological polar surface area (TPSA) is 56.7 Å². The smallest absolute Gasteiger partial charge is 0.172 e. The molecule has 0 atom stereocenters. The molecule has 0 spiro atoms. The van der Waals surface area contributed by atoms with Crippen molar-refractivity contribution in [1.29, 1.82) is 0 Å². The Morgan fingerprint density at radius 3 is 2.41 bits per heavy atom. The highest BCUT2D eigenvalue weighted by atomic mass is 16.3. The van der Waals surface area contributed by atoms with E-state index in [1.54, 1.807) is 12.1 Å². The second-order valence-corrected chi connectivity index (χ2v) is 7.24. The molecule has 27 heavy (non-hydrogen) atoms. The van der Waals surface area contributed by atoms with Crippen LogP contribution in [0.1, 0.15) is 41.0 Å². The molecule has 1 aromatic carbocycles. The quantitative estimate of drug-likeness (QED) is 0.545. The fourth-order valence-electron chi connectivity index (χ4n) is 3.57. The number of rotatable bonds is 9. The van der Waals surface area contributed by atoms with Crippen molar-refractivity contribution in [3.05, 3.63) is 59.4 Å². The monoisotopic (exact) mass is 367 g/mol. The van der Waals surface area contributed by atoms with E-state index < -0.39 is 0 Å². The summed E-state index contributed by atoms with van der Waals surface area (Å²) in [4.78, 5) is 20.1. The Balaban J connectivity index is 1.29. The molecule has 1 N–H and O–H groups in total. The van der Waals surface area contributed by atoms with Crippen LogP contribution >= 0.6 is 0 Å². The van der Waals surface area contributed by atoms with Gasteiger partial charge in [-0.05, 0) is 43.5 Å². The highest BCUT2D eigenvalue weighted by molar-refractivity contribution is 5.75. The number of piperazine rings is 1. The zero-order chi connectivity index (χ0) is 18.9. The van der Waals surface area contributed by atoms with Crippen molar-refractivity contribution in [3.63, 3.8) is 0 Å². The molecular weight excluding hydrogens is 338 g/mol. The molecule has 0 bridgehead atoms. The highest BCUT2D eigenvalue weighted by Gasteiger charge is 2.16. The lowest BCUT2D eigenvalue weighted by molar-refractivity contribution is 0.111. The number of aldehydes is 1. The first kappa shape index (κ1) is 19.5. The molecule has 144 valence electrons. The predicted molar refractivity (Wildman–Crippen MR) is 107 cm³/mol. The van der Waals surface area contributed by atoms with Crippen LogP contribution in [0.15, 0.2) is 42.5 Å². The Labute approximate surface area is 161 Å². The van der Waals surface area contributed by atoms with Crippen molar-refractivity contribution in [1.82, 2.24) is 14.8 Å². The van der Waals surface area contributed by atoms with Gasteiger partial charge in [0, 0.05) is 38.4 Å². The molecule has 5 nitrogen and oxygen atoms in total. The number of carbonyl (C=O) groups is 1. The molecule has 1 saturated heterocycles. The van der Waals surface area contributed by atoms with Crippen LogP contribution in [0.4, 0.5) is 0 Å². The Hall–Kier alpha value is -2.24. The number of unbranched alkanes of at least 4 members (excludes halogenated alkanes) is 2. The Bertz CT molecular complexity index is 713. The van der Waals surface area contributed by atoms with Gasteiger partial charge in [-0.2, -0.15) is 0 Å². The van der Waals surface area contributed by atoms with Gasteiger partial charge >= 0.3 is 0 Å². The van der Waals surface area contributed by atoms with Crippen molar-refractivity contribution in [3.8, 4) is 5.75 Å². The summed E-state index contributed by atoms with van der Waals surface area (Å²) in [7, 11) is 0. The van der Waals surface area contributed by atoms with Crippen LogP contribution in [0.3, 0.4) is 0 Å². The minimum absolute atomic E-state index is 0.0415. The van der Waals surface area contributed by atoms with E-state index in [1.165, 1.54) is 12.0 Å². The van der Waals surface area contributed by atoms with Gasteiger partial charge in [-0.25, -0.2) is 4.98 Å². The van der Waals surface area contributed by atoms with E-state index in [1.807, 2.05) is 0 Å². The zero-order valence-electron chi connectivity index (χ0n) is 15.9. The van der Waals surface area contributed by atoms with E-state index in [0.717, 1.165) is 64.2 Å². The highest BCUT2D eigenvalue weighted by Crippen LogP contribution is 2.15. The summed E-state index contributed by atoms with van der Waals surface area (Å²) < 4.78 is 0. The van der Waals surface area contributed by atoms with E-state index in [9.17, 15) is 9.90 Å². The number of aromatic nitrogens is 1. The van der Waals surface area contributed by atoms with Crippen LogP contribution in [0.2, 0.25) is 0 Å². The van der Waals surface area contributed by atoms with Crippen molar-refractivity contribution >= 4 is 6.29 Å². The van der Waals surface area contributed by atoms with Crippen molar-refractivity contribution in [2.75, 3.05) is 32.7 Å².